The third kappa shape index (κ3) is 3.35. The van der Waals surface area contributed by atoms with Crippen molar-refractivity contribution in [3.05, 3.63) is 29.3 Å². The number of hydrogen-bond donors (Lipinski definition) is 3. The molecule has 0 bridgehead atoms. The molecule has 1 rings (SSSR count). The number of aromatic carboxylic acids is 1. The minimum atomic E-state index is -1.29. The molecule has 3 N–H and O–H groups in total. The van der Waals surface area contributed by atoms with E-state index >= 15 is 0 Å². The van der Waals surface area contributed by atoms with Crippen molar-refractivity contribution in [2.24, 2.45) is 0 Å². The lowest BCUT2D eigenvalue weighted by Crippen LogP contribution is -2.21. The number of rotatable bonds is 6. The van der Waals surface area contributed by atoms with Crippen molar-refractivity contribution >= 4 is 17.6 Å². The van der Waals surface area contributed by atoms with Crippen LogP contribution < -0.4 is 4.74 Å². The topological polar surface area (TPSA) is 87.0 Å². The smallest absolute Gasteiger partial charge is 0.336 e. The molecule has 0 aromatic heterocycles. The number of alkyl halides is 1. The van der Waals surface area contributed by atoms with E-state index in [-0.39, 0.29) is 23.4 Å². The van der Waals surface area contributed by atoms with E-state index in [4.69, 9.17) is 21.4 Å². The number of methoxy groups -OCH3 is 1. The number of carbonyl (C=O) groups is 1. The Kier molecular flexibility index (Phi) is 5.40. The SMILES string of the molecule is COc1ccc(C(O)C(O)CCCl)c(C(=O)O)c1. The summed E-state index contributed by atoms with van der Waals surface area (Å²) in [5, 5.41) is 28.6. The summed E-state index contributed by atoms with van der Waals surface area (Å²) < 4.78 is 4.92. The molecule has 0 spiro atoms. The fourth-order valence-electron chi connectivity index (χ4n) is 1.58. The number of aliphatic hydroxyl groups is 2. The third-order valence-corrected chi connectivity index (χ3v) is 2.80. The molecule has 0 aliphatic rings. The number of aliphatic hydroxyl groups excluding tert-OH is 2. The summed E-state index contributed by atoms with van der Waals surface area (Å²) in [6, 6.07) is 4.25. The molecule has 2 atom stereocenters. The highest BCUT2D eigenvalue weighted by atomic mass is 35.5. The average Bonchev–Trinajstić information content (AvgIpc) is 2.37. The number of ether oxygens (including phenoxy) is 1. The van der Waals surface area contributed by atoms with Crippen LogP contribution in [0.25, 0.3) is 0 Å². The summed E-state index contributed by atoms with van der Waals surface area (Å²) in [5.41, 5.74) is 0.0383. The van der Waals surface area contributed by atoms with Gasteiger partial charge < -0.3 is 20.1 Å². The maximum absolute atomic E-state index is 11.1. The van der Waals surface area contributed by atoms with Crippen molar-refractivity contribution in [3.8, 4) is 5.75 Å². The molecule has 100 valence electrons. The zero-order valence-electron chi connectivity index (χ0n) is 9.84. The van der Waals surface area contributed by atoms with Crippen LogP contribution >= 0.6 is 11.6 Å². The van der Waals surface area contributed by atoms with Crippen LogP contribution in [-0.4, -0.2) is 40.4 Å². The molecule has 1 aromatic rings. The molecule has 5 nitrogen and oxygen atoms in total. The standard InChI is InChI=1S/C12H15ClO5/c1-18-7-2-3-8(9(6-7)12(16)17)11(15)10(14)4-5-13/h2-3,6,10-11,14-15H,4-5H2,1H3,(H,16,17). The monoisotopic (exact) mass is 274 g/mol. The zero-order chi connectivity index (χ0) is 13.7. The van der Waals surface area contributed by atoms with E-state index in [1.807, 2.05) is 0 Å². The second-order valence-corrected chi connectivity index (χ2v) is 4.13. The predicted octanol–water partition coefficient (Wildman–Crippen LogP) is 1.42. The van der Waals surface area contributed by atoms with E-state index in [1.54, 1.807) is 0 Å². The molecule has 0 saturated carbocycles. The molecular formula is C12H15ClO5. The summed E-state index contributed by atoms with van der Waals surface area (Å²) in [7, 11) is 1.42. The Balaban J connectivity index is 3.10. The van der Waals surface area contributed by atoms with Gasteiger partial charge in [-0.3, -0.25) is 0 Å². The lowest BCUT2D eigenvalue weighted by Gasteiger charge is -2.19. The Morgan fingerprint density at radius 2 is 2.11 bits per heavy atom. The largest absolute Gasteiger partial charge is 0.497 e. The summed E-state index contributed by atoms with van der Waals surface area (Å²) in [6.45, 7) is 0. The Hall–Kier alpha value is -1.30. The van der Waals surface area contributed by atoms with Crippen LogP contribution in [-0.2, 0) is 0 Å². The van der Waals surface area contributed by atoms with Gasteiger partial charge in [0.05, 0.1) is 18.8 Å². The molecular weight excluding hydrogens is 260 g/mol. The Bertz CT molecular complexity index is 421. The van der Waals surface area contributed by atoms with Crippen LogP contribution in [0, 0.1) is 0 Å². The molecule has 0 heterocycles. The van der Waals surface area contributed by atoms with Gasteiger partial charge in [-0.2, -0.15) is 0 Å². The van der Waals surface area contributed by atoms with E-state index in [9.17, 15) is 15.0 Å². The highest BCUT2D eigenvalue weighted by Crippen LogP contribution is 2.26. The van der Waals surface area contributed by atoms with Gasteiger partial charge in [-0.25, -0.2) is 4.79 Å². The fourth-order valence-corrected chi connectivity index (χ4v) is 1.81. The molecule has 0 aliphatic heterocycles. The molecule has 0 saturated heterocycles. The molecule has 1 aromatic carbocycles. The summed E-state index contributed by atoms with van der Waals surface area (Å²) in [4.78, 5) is 11.1. The molecule has 18 heavy (non-hydrogen) atoms. The van der Waals surface area contributed by atoms with E-state index in [1.165, 1.54) is 25.3 Å². The van der Waals surface area contributed by atoms with E-state index in [2.05, 4.69) is 0 Å². The van der Waals surface area contributed by atoms with Crippen molar-refractivity contribution in [1.29, 1.82) is 0 Å². The minimum absolute atomic E-state index is 0.101. The zero-order valence-corrected chi connectivity index (χ0v) is 10.6. The minimum Gasteiger partial charge on any atom is -0.497 e. The third-order valence-electron chi connectivity index (χ3n) is 2.58. The van der Waals surface area contributed by atoms with Crippen LogP contribution in [0.4, 0.5) is 0 Å². The lowest BCUT2D eigenvalue weighted by atomic mass is 9.97. The molecule has 2 unspecified atom stereocenters. The van der Waals surface area contributed by atoms with Crippen LogP contribution in [0.15, 0.2) is 18.2 Å². The van der Waals surface area contributed by atoms with Gasteiger partial charge in [0, 0.05) is 5.88 Å². The van der Waals surface area contributed by atoms with Crippen LogP contribution in [0.3, 0.4) is 0 Å². The number of hydrogen-bond acceptors (Lipinski definition) is 4. The first-order valence-corrected chi connectivity index (χ1v) is 5.88. The van der Waals surface area contributed by atoms with Gasteiger partial charge in [0.15, 0.2) is 0 Å². The van der Waals surface area contributed by atoms with Crippen LogP contribution in [0.2, 0.25) is 0 Å². The molecule has 6 heteroatoms. The first kappa shape index (κ1) is 14.8. The molecule has 0 aliphatic carbocycles. The maximum Gasteiger partial charge on any atom is 0.336 e. The lowest BCUT2D eigenvalue weighted by molar-refractivity contribution is 0.0160. The number of halogens is 1. The number of benzene rings is 1. The van der Waals surface area contributed by atoms with Gasteiger partial charge in [-0.1, -0.05) is 6.07 Å². The van der Waals surface area contributed by atoms with E-state index < -0.39 is 18.2 Å². The quantitative estimate of drug-likeness (QED) is 0.683. The second-order valence-electron chi connectivity index (χ2n) is 3.75. The molecule has 0 fully saturated rings. The van der Waals surface area contributed by atoms with Crippen molar-refractivity contribution in [1.82, 2.24) is 0 Å². The predicted molar refractivity (Wildman–Crippen MR) is 66.3 cm³/mol. The van der Waals surface area contributed by atoms with Crippen molar-refractivity contribution in [2.75, 3.05) is 13.0 Å². The Morgan fingerprint density at radius 1 is 1.44 bits per heavy atom. The van der Waals surface area contributed by atoms with Gasteiger partial charge in [0.1, 0.15) is 11.9 Å². The Labute approximate surface area is 110 Å². The number of carboxylic acids is 1. The van der Waals surface area contributed by atoms with Gasteiger partial charge in [0.25, 0.3) is 0 Å². The fraction of sp³-hybridized carbons (Fsp3) is 0.417. The van der Waals surface area contributed by atoms with Gasteiger partial charge >= 0.3 is 5.97 Å². The number of carboxylic acid groups (broad SMARTS) is 1. The van der Waals surface area contributed by atoms with Crippen LogP contribution in [0.1, 0.15) is 28.4 Å². The van der Waals surface area contributed by atoms with Gasteiger partial charge in [0.2, 0.25) is 0 Å². The highest BCUT2D eigenvalue weighted by Gasteiger charge is 2.23. The highest BCUT2D eigenvalue weighted by molar-refractivity contribution is 6.17. The first-order valence-electron chi connectivity index (χ1n) is 5.34. The normalized spacial score (nSPS) is 14.0. The van der Waals surface area contributed by atoms with Crippen molar-refractivity contribution in [3.63, 3.8) is 0 Å². The van der Waals surface area contributed by atoms with Gasteiger partial charge in [-0.05, 0) is 24.1 Å². The summed E-state index contributed by atoms with van der Waals surface area (Å²) in [6.07, 6.45) is -2.22. The second kappa shape index (κ2) is 6.58. The van der Waals surface area contributed by atoms with Gasteiger partial charge in [-0.15, -0.1) is 11.6 Å². The maximum atomic E-state index is 11.1. The Morgan fingerprint density at radius 3 is 2.61 bits per heavy atom. The first-order chi connectivity index (χ1) is 8.51. The van der Waals surface area contributed by atoms with Crippen molar-refractivity contribution < 1.29 is 24.9 Å². The molecule has 0 radical (unpaired) electrons. The van der Waals surface area contributed by atoms with E-state index in [0.29, 0.717) is 5.75 Å². The summed E-state index contributed by atoms with van der Waals surface area (Å²) in [5.74, 6) is -0.646. The molecule has 0 amide bonds. The summed E-state index contributed by atoms with van der Waals surface area (Å²) >= 11 is 5.47. The average molecular weight is 275 g/mol. The van der Waals surface area contributed by atoms with Crippen LogP contribution in [0.5, 0.6) is 5.75 Å². The van der Waals surface area contributed by atoms with Crippen molar-refractivity contribution in [2.45, 2.75) is 18.6 Å². The van der Waals surface area contributed by atoms with E-state index in [0.717, 1.165) is 0 Å².